The third kappa shape index (κ3) is 12.5. The quantitative estimate of drug-likeness (QED) is 0.111. The Balaban J connectivity index is 0.000000413. The number of carbonyl (C=O) groups is 1. The van der Waals surface area contributed by atoms with Gasteiger partial charge in [0.1, 0.15) is 12.0 Å². The second-order valence-corrected chi connectivity index (χ2v) is 10.5. The van der Waals surface area contributed by atoms with Crippen LogP contribution < -0.4 is 0 Å². The maximum atomic E-state index is 12.5. The summed E-state index contributed by atoms with van der Waals surface area (Å²) in [6, 6.07) is 19.2. The van der Waals surface area contributed by atoms with E-state index in [-0.39, 0.29) is 18.0 Å². The number of aldehydes is 1. The largest absolute Gasteiger partial charge is 0.534 e. The predicted octanol–water partition coefficient (Wildman–Crippen LogP) is 7.58. The van der Waals surface area contributed by atoms with Crippen LogP contribution in [0.4, 0.5) is 13.2 Å². The van der Waals surface area contributed by atoms with E-state index in [2.05, 4.69) is 16.0 Å². The van der Waals surface area contributed by atoms with Crippen LogP contribution in [-0.4, -0.2) is 31.4 Å². The zero-order valence-electron chi connectivity index (χ0n) is 23.9. The van der Waals surface area contributed by atoms with Gasteiger partial charge >= 0.3 is 15.6 Å². The maximum absolute atomic E-state index is 12.5. The van der Waals surface area contributed by atoms with Crippen molar-refractivity contribution in [2.45, 2.75) is 90.0 Å². The van der Waals surface area contributed by atoms with Crippen LogP contribution in [0.25, 0.3) is 0 Å². The molecule has 2 aromatic rings. The number of carbonyl (C=O) groups excluding carboxylic acids is 1. The number of allylic oxidation sites excluding steroid dienone is 1. The highest BCUT2D eigenvalue weighted by molar-refractivity contribution is 7.87. The van der Waals surface area contributed by atoms with Gasteiger partial charge in [-0.15, -0.1) is 11.8 Å². The molecule has 1 N–H and O–H groups in total. The lowest BCUT2D eigenvalue weighted by molar-refractivity contribution is -0.107. The first-order chi connectivity index (χ1) is 19.4. The molecule has 1 fully saturated rings. The summed E-state index contributed by atoms with van der Waals surface area (Å²) in [4.78, 5) is 9.17. The molecule has 0 amide bonds. The second kappa shape index (κ2) is 18.3. The van der Waals surface area contributed by atoms with Gasteiger partial charge in [0, 0.05) is 12.8 Å². The Morgan fingerprint density at radius 2 is 1.68 bits per heavy atom. The first-order valence-electron chi connectivity index (χ1n) is 13.4. The van der Waals surface area contributed by atoms with Crippen LogP contribution >= 0.6 is 0 Å². The molecular weight excluding hydrogens is 557 g/mol. The van der Waals surface area contributed by atoms with Gasteiger partial charge in [-0.25, -0.2) is 0 Å². The van der Waals surface area contributed by atoms with Crippen LogP contribution in [0.1, 0.15) is 89.6 Å². The molecule has 6 nitrogen and oxygen atoms in total. The fourth-order valence-corrected chi connectivity index (χ4v) is 4.43. The monoisotopic (exact) mass is 596 g/mol. The molecule has 1 aliphatic rings. The third-order valence-corrected chi connectivity index (χ3v) is 7.01. The number of hydrogen-bond acceptors (Lipinski definition) is 6. The average Bonchev–Trinajstić information content (AvgIpc) is 2.97. The van der Waals surface area contributed by atoms with Crippen molar-refractivity contribution in [3.8, 4) is 11.8 Å². The molecular formula is C31H39F3O6S. The summed E-state index contributed by atoms with van der Waals surface area (Å²) in [7, 11) is -5.66. The number of rotatable bonds is 8. The molecule has 41 heavy (non-hydrogen) atoms. The van der Waals surface area contributed by atoms with Crippen molar-refractivity contribution in [1.82, 2.24) is 0 Å². The molecule has 1 saturated heterocycles. The minimum Gasteiger partial charge on any atom is -0.388 e. The van der Waals surface area contributed by atoms with Gasteiger partial charge in [-0.3, -0.25) is 0 Å². The topological polar surface area (TPSA) is 89.9 Å². The summed E-state index contributed by atoms with van der Waals surface area (Å²) >= 11 is 0. The number of ether oxygens (including phenoxy) is 1. The molecule has 0 saturated carbocycles. The lowest BCUT2D eigenvalue weighted by Gasteiger charge is -2.33. The van der Waals surface area contributed by atoms with Crippen LogP contribution in [0.5, 0.6) is 0 Å². The Morgan fingerprint density at radius 3 is 2.17 bits per heavy atom. The van der Waals surface area contributed by atoms with Crippen molar-refractivity contribution >= 4 is 16.4 Å². The Hall–Kier alpha value is -3.13. The molecule has 1 aliphatic heterocycles. The molecule has 10 heteroatoms. The van der Waals surface area contributed by atoms with E-state index in [1.165, 1.54) is 6.92 Å². The number of aliphatic hydroxyl groups excluding tert-OH is 1. The van der Waals surface area contributed by atoms with Crippen molar-refractivity contribution in [2.75, 3.05) is 0 Å². The molecule has 0 aromatic heterocycles. The molecule has 0 radical (unpaired) electrons. The number of hydrogen-bond donors (Lipinski definition) is 1. The molecule has 226 valence electrons. The fraction of sp³-hybridized carbons (Fsp3) is 0.452. The number of alkyl halides is 3. The molecule has 0 aliphatic carbocycles. The summed E-state index contributed by atoms with van der Waals surface area (Å²) < 4.78 is 69.9. The fourth-order valence-electron chi connectivity index (χ4n) is 3.90. The van der Waals surface area contributed by atoms with Crippen molar-refractivity contribution in [2.24, 2.45) is 0 Å². The minimum atomic E-state index is -5.66. The number of benzene rings is 2. The van der Waals surface area contributed by atoms with Gasteiger partial charge < -0.3 is 18.8 Å². The standard InChI is InChI=1S/C16H19F3O4S.C12H14O.C3H6O/c1-3-14-13(11(2)23-24(20,21)16(17,18)19)9-10-15(22-14)12-7-5-4-6-8-12;1-2-3-5-10-12(13)11-8-6-4-7-9-11;1-2-3-4/h4-8,14-15H,3,9-10H2,1-2H3;4,6-9,12-13H,5,10H2,1H3;3H,2H2,1H3/b13-11+;;/t14-,15-;;/m0../s1. The van der Waals surface area contributed by atoms with E-state index >= 15 is 0 Å². The van der Waals surface area contributed by atoms with Crippen LogP contribution in [-0.2, 0) is 23.8 Å². The normalized spacial score (nSPS) is 18.6. The van der Waals surface area contributed by atoms with Gasteiger partial charge in [0.15, 0.2) is 0 Å². The van der Waals surface area contributed by atoms with Gasteiger partial charge in [0.05, 0.1) is 18.3 Å². The van der Waals surface area contributed by atoms with Crippen molar-refractivity contribution < 1.29 is 40.4 Å². The van der Waals surface area contributed by atoms with Gasteiger partial charge in [0.2, 0.25) is 0 Å². The highest BCUT2D eigenvalue weighted by Crippen LogP contribution is 2.38. The maximum Gasteiger partial charge on any atom is 0.534 e. The summed E-state index contributed by atoms with van der Waals surface area (Å²) in [6.45, 7) is 6.68. The van der Waals surface area contributed by atoms with E-state index in [4.69, 9.17) is 4.74 Å². The average molecular weight is 597 g/mol. The summed E-state index contributed by atoms with van der Waals surface area (Å²) in [5, 5.41) is 9.68. The van der Waals surface area contributed by atoms with Crippen LogP contribution in [0.15, 0.2) is 72.0 Å². The zero-order valence-corrected chi connectivity index (χ0v) is 24.7. The minimum absolute atomic E-state index is 0.174. The Morgan fingerprint density at radius 1 is 1.12 bits per heavy atom. The van der Waals surface area contributed by atoms with E-state index in [9.17, 15) is 31.5 Å². The van der Waals surface area contributed by atoms with E-state index in [0.717, 1.165) is 23.8 Å². The van der Waals surface area contributed by atoms with Crippen molar-refractivity contribution in [1.29, 1.82) is 0 Å². The molecule has 2 aromatic carbocycles. The molecule has 1 heterocycles. The lowest BCUT2D eigenvalue weighted by Crippen LogP contribution is -2.29. The SMILES string of the molecule is CC#CCCC(O)c1ccccc1.CCC=O.CC[C@@H]1O[C@H](c2ccccc2)CC/C1=C(/C)OS(=O)(=O)C(F)(F)F. The van der Waals surface area contributed by atoms with E-state index < -0.39 is 21.7 Å². The number of halogens is 3. The van der Waals surface area contributed by atoms with Gasteiger partial charge in [-0.1, -0.05) is 74.5 Å². The van der Waals surface area contributed by atoms with Crippen LogP contribution in [0, 0.1) is 11.8 Å². The van der Waals surface area contributed by atoms with Crippen LogP contribution in [0.2, 0.25) is 0 Å². The van der Waals surface area contributed by atoms with E-state index in [0.29, 0.717) is 37.7 Å². The number of aliphatic hydroxyl groups is 1. The highest BCUT2D eigenvalue weighted by Gasteiger charge is 2.49. The predicted molar refractivity (Wildman–Crippen MR) is 153 cm³/mol. The molecule has 0 spiro atoms. The summed E-state index contributed by atoms with van der Waals surface area (Å²) in [6.07, 6.45) is 3.42. The van der Waals surface area contributed by atoms with E-state index in [1.54, 1.807) is 0 Å². The first-order valence-corrected chi connectivity index (χ1v) is 14.8. The Kier molecular flexibility index (Phi) is 16.1. The smallest absolute Gasteiger partial charge is 0.388 e. The van der Waals surface area contributed by atoms with Gasteiger partial charge in [-0.05, 0) is 56.2 Å². The zero-order chi connectivity index (χ0) is 30.9. The summed E-state index contributed by atoms with van der Waals surface area (Å²) in [5.41, 5.74) is -3.03. The molecule has 3 rings (SSSR count). The molecule has 3 atom stereocenters. The molecule has 1 unspecified atom stereocenters. The first kappa shape index (κ1) is 35.9. The van der Waals surface area contributed by atoms with E-state index in [1.807, 2.05) is 81.4 Å². The Labute approximate surface area is 241 Å². The van der Waals surface area contributed by atoms with Gasteiger partial charge in [0.25, 0.3) is 0 Å². The highest BCUT2D eigenvalue weighted by atomic mass is 32.2. The van der Waals surface area contributed by atoms with Crippen molar-refractivity contribution in [3.63, 3.8) is 0 Å². The third-order valence-electron chi connectivity index (χ3n) is 5.98. The Bertz CT molecular complexity index is 1230. The van der Waals surface area contributed by atoms with Gasteiger partial charge in [-0.2, -0.15) is 21.6 Å². The molecule has 0 bridgehead atoms. The van der Waals surface area contributed by atoms with Crippen molar-refractivity contribution in [3.05, 3.63) is 83.1 Å². The van der Waals surface area contributed by atoms with Crippen LogP contribution in [0.3, 0.4) is 0 Å². The summed E-state index contributed by atoms with van der Waals surface area (Å²) in [5.74, 6) is 5.49. The second-order valence-electron chi connectivity index (χ2n) is 9.00. The lowest BCUT2D eigenvalue weighted by atomic mass is 9.92.